The zero-order valence-electron chi connectivity index (χ0n) is 27.2. The van der Waals surface area contributed by atoms with E-state index in [1.807, 2.05) is 68.4 Å². The number of nitrogens with zero attached hydrogens (tertiary/aromatic N) is 5. The molecule has 44 heavy (non-hydrogen) atoms. The van der Waals surface area contributed by atoms with Crippen molar-refractivity contribution in [3.8, 4) is 0 Å². The maximum Gasteiger partial charge on any atom is 0.409 e. The predicted octanol–water partition coefficient (Wildman–Crippen LogP) is 5.31. The Bertz CT molecular complexity index is 1340. The van der Waals surface area contributed by atoms with Gasteiger partial charge < -0.3 is 29.5 Å². The lowest BCUT2D eigenvalue weighted by Gasteiger charge is -2.27. The molecule has 0 bridgehead atoms. The Balaban J connectivity index is 1.62. The SMILES string of the molecule is CCNc1ncc(C=O)c(N(C)CCN(C)c2cccc(COC(CN(C)C(=O)OCCS(C)(C)C)c3ccccc3)c2)n1. The van der Waals surface area contributed by atoms with Gasteiger partial charge in [0.1, 0.15) is 18.5 Å². The number of anilines is 3. The average Bonchev–Trinajstić information content (AvgIpc) is 3.01. The van der Waals surface area contributed by atoms with Gasteiger partial charge in [-0.05, 0) is 49.0 Å². The van der Waals surface area contributed by atoms with Crippen molar-refractivity contribution in [3.05, 3.63) is 77.5 Å². The van der Waals surface area contributed by atoms with E-state index in [9.17, 15) is 9.59 Å². The van der Waals surface area contributed by atoms with Gasteiger partial charge in [0.25, 0.3) is 0 Å². The van der Waals surface area contributed by atoms with E-state index in [2.05, 4.69) is 51.1 Å². The van der Waals surface area contributed by atoms with Crippen molar-refractivity contribution in [2.45, 2.75) is 19.6 Å². The number of carbonyl (C=O) groups excluding carboxylic acids is 2. The molecule has 240 valence electrons. The number of carbonyl (C=O) groups is 2. The van der Waals surface area contributed by atoms with Crippen molar-refractivity contribution in [1.82, 2.24) is 14.9 Å². The molecule has 0 aliphatic rings. The van der Waals surface area contributed by atoms with Crippen LogP contribution in [0.2, 0.25) is 0 Å². The monoisotopic (exact) mass is 624 g/mol. The number of hydrogen-bond acceptors (Lipinski definition) is 9. The molecule has 3 aromatic rings. The molecule has 0 fully saturated rings. The van der Waals surface area contributed by atoms with Gasteiger partial charge in [-0.2, -0.15) is 4.98 Å². The van der Waals surface area contributed by atoms with Crippen LogP contribution in [0.5, 0.6) is 0 Å². The third-order valence-electron chi connectivity index (χ3n) is 7.04. The lowest BCUT2D eigenvalue weighted by Crippen LogP contribution is -2.33. The second kappa shape index (κ2) is 16.9. The Hall–Kier alpha value is -3.83. The van der Waals surface area contributed by atoms with Crippen LogP contribution in [0.25, 0.3) is 0 Å². The molecule has 0 radical (unpaired) electrons. The van der Waals surface area contributed by atoms with E-state index in [4.69, 9.17) is 9.47 Å². The van der Waals surface area contributed by atoms with E-state index in [0.29, 0.717) is 56.7 Å². The average molecular weight is 625 g/mol. The fraction of sp³-hybridized carbons (Fsp3) is 0.455. The van der Waals surface area contributed by atoms with E-state index in [1.54, 1.807) is 18.1 Å². The first-order valence-electron chi connectivity index (χ1n) is 14.8. The number of likely N-dealkylation sites (N-methyl/N-ethyl adjacent to an activating group) is 3. The molecule has 0 spiro atoms. The molecular formula is C33H48N6O4S. The summed E-state index contributed by atoms with van der Waals surface area (Å²) in [7, 11) is 4.97. The molecule has 1 amide bonds. The number of benzene rings is 2. The van der Waals surface area contributed by atoms with Crippen molar-refractivity contribution in [3.63, 3.8) is 0 Å². The van der Waals surface area contributed by atoms with E-state index >= 15 is 0 Å². The molecule has 1 N–H and O–H groups in total. The van der Waals surface area contributed by atoms with Gasteiger partial charge in [0.15, 0.2) is 6.29 Å². The van der Waals surface area contributed by atoms with Crippen molar-refractivity contribution in [1.29, 1.82) is 0 Å². The molecule has 0 saturated carbocycles. The van der Waals surface area contributed by atoms with Gasteiger partial charge in [-0.15, -0.1) is 0 Å². The first kappa shape index (κ1) is 34.7. The van der Waals surface area contributed by atoms with Crippen LogP contribution in [0.1, 0.15) is 34.5 Å². The van der Waals surface area contributed by atoms with Crippen LogP contribution in [0.15, 0.2) is 60.8 Å². The summed E-state index contributed by atoms with van der Waals surface area (Å²) >= 11 is 0. The largest absolute Gasteiger partial charge is 0.449 e. The Morgan fingerprint density at radius 1 is 1.02 bits per heavy atom. The second-order valence-corrected chi connectivity index (χ2v) is 16.2. The highest BCUT2D eigenvalue weighted by atomic mass is 32.3. The van der Waals surface area contributed by atoms with Crippen LogP contribution in [-0.2, 0) is 16.1 Å². The third kappa shape index (κ3) is 11.0. The van der Waals surface area contributed by atoms with Crippen LogP contribution in [0.4, 0.5) is 22.2 Å². The number of amides is 1. The molecule has 1 aromatic heterocycles. The first-order chi connectivity index (χ1) is 21.0. The lowest BCUT2D eigenvalue weighted by molar-refractivity contribution is 0.0166. The van der Waals surface area contributed by atoms with Gasteiger partial charge in [-0.25, -0.2) is 19.8 Å². The first-order valence-corrected chi connectivity index (χ1v) is 17.8. The Morgan fingerprint density at radius 2 is 1.75 bits per heavy atom. The van der Waals surface area contributed by atoms with E-state index < -0.39 is 10.0 Å². The van der Waals surface area contributed by atoms with Gasteiger partial charge in [-0.1, -0.05) is 42.5 Å². The smallest absolute Gasteiger partial charge is 0.409 e. The van der Waals surface area contributed by atoms with Crippen LogP contribution in [-0.4, -0.2) is 106 Å². The van der Waals surface area contributed by atoms with Gasteiger partial charge in [0, 0.05) is 58.4 Å². The summed E-state index contributed by atoms with van der Waals surface area (Å²) in [4.78, 5) is 38.7. The summed E-state index contributed by atoms with van der Waals surface area (Å²) in [6.45, 7) is 5.20. The van der Waals surface area contributed by atoms with Gasteiger partial charge >= 0.3 is 6.09 Å². The second-order valence-electron chi connectivity index (χ2n) is 11.6. The fourth-order valence-electron chi connectivity index (χ4n) is 4.36. The topological polar surface area (TPSA) is 100 Å². The molecule has 2 aromatic carbocycles. The summed E-state index contributed by atoms with van der Waals surface area (Å²) in [5.41, 5.74) is 3.52. The molecule has 1 heterocycles. The zero-order valence-corrected chi connectivity index (χ0v) is 28.0. The fourth-order valence-corrected chi connectivity index (χ4v) is 4.95. The van der Waals surface area contributed by atoms with Crippen molar-refractivity contribution < 1.29 is 19.1 Å². The van der Waals surface area contributed by atoms with E-state index in [-0.39, 0.29) is 12.2 Å². The summed E-state index contributed by atoms with van der Waals surface area (Å²) in [5, 5.41) is 3.10. The number of ether oxygens (including phenoxy) is 2. The number of nitrogens with one attached hydrogen (secondary N) is 1. The number of rotatable bonds is 17. The molecule has 3 rings (SSSR count). The van der Waals surface area contributed by atoms with E-state index in [0.717, 1.165) is 28.9 Å². The maximum absolute atomic E-state index is 12.7. The molecule has 0 aliphatic heterocycles. The lowest BCUT2D eigenvalue weighted by atomic mass is 10.1. The van der Waals surface area contributed by atoms with Crippen molar-refractivity contribution in [2.24, 2.45) is 0 Å². The number of aromatic nitrogens is 2. The molecule has 1 atom stereocenters. The van der Waals surface area contributed by atoms with E-state index in [1.165, 1.54) is 0 Å². The molecule has 10 nitrogen and oxygen atoms in total. The Labute approximate surface area is 264 Å². The standard InChI is InChI=1S/C33H48N6O4S/c1-8-34-32-35-22-28(24-40)31(36-32)38(3)18-17-37(2)29-16-12-13-26(21-29)25-43-30(27-14-10-9-11-15-27)23-39(4)33(41)42-19-20-44(5,6)7/h9-16,21-22,24,30H,8,17-20,23,25H2,1-7H3,(H,34,35,36). The summed E-state index contributed by atoms with van der Waals surface area (Å²) in [6, 6.07) is 18.2. The normalized spacial score (nSPS) is 12.2. The summed E-state index contributed by atoms with van der Waals surface area (Å²) in [6.07, 6.45) is 8.30. The molecule has 11 heteroatoms. The van der Waals surface area contributed by atoms with Gasteiger partial charge in [0.2, 0.25) is 5.95 Å². The highest BCUT2D eigenvalue weighted by Crippen LogP contribution is 2.33. The molecule has 1 unspecified atom stereocenters. The van der Waals surface area contributed by atoms with Crippen LogP contribution in [0, 0.1) is 0 Å². The highest BCUT2D eigenvalue weighted by molar-refractivity contribution is 8.32. The van der Waals surface area contributed by atoms with Crippen molar-refractivity contribution in [2.75, 3.05) is 93.6 Å². The quantitative estimate of drug-likeness (QED) is 0.200. The number of hydrogen-bond donors (Lipinski definition) is 1. The minimum Gasteiger partial charge on any atom is -0.449 e. The van der Waals surface area contributed by atoms with Crippen LogP contribution >= 0.6 is 10.0 Å². The summed E-state index contributed by atoms with van der Waals surface area (Å²) < 4.78 is 12.0. The zero-order chi connectivity index (χ0) is 32.1. The maximum atomic E-state index is 12.7. The van der Waals surface area contributed by atoms with Crippen molar-refractivity contribution >= 4 is 39.9 Å². The molecule has 0 aliphatic carbocycles. The van der Waals surface area contributed by atoms with Crippen LogP contribution < -0.4 is 15.1 Å². The molecular weight excluding hydrogens is 576 g/mol. The highest BCUT2D eigenvalue weighted by Gasteiger charge is 2.20. The Kier molecular flexibility index (Phi) is 13.3. The minimum atomic E-state index is -0.734. The predicted molar refractivity (Wildman–Crippen MR) is 183 cm³/mol. The number of aldehydes is 1. The summed E-state index contributed by atoms with van der Waals surface area (Å²) in [5.74, 6) is 1.97. The van der Waals surface area contributed by atoms with Gasteiger partial charge in [0.05, 0.1) is 18.7 Å². The Morgan fingerprint density at radius 3 is 2.43 bits per heavy atom. The minimum absolute atomic E-state index is 0.316. The van der Waals surface area contributed by atoms with Crippen LogP contribution in [0.3, 0.4) is 0 Å². The molecule has 0 saturated heterocycles. The van der Waals surface area contributed by atoms with Gasteiger partial charge in [-0.3, -0.25) is 4.79 Å². The third-order valence-corrected chi connectivity index (χ3v) is 8.43.